The van der Waals surface area contributed by atoms with Gasteiger partial charge in [-0.2, -0.15) is 0 Å². The zero-order valence-corrected chi connectivity index (χ0v) is 12.7. The van der Waals surface area contributed by atoms with Gasteiger partial charge in [0.15, 0.2) is 0 Å². The first-order valence-corrected chi connectivity index (χ1v) is 7.19. The van der Waals surface area contributed by atoms with Crippen molar-refractivity contribution >= 4 is 17.6 Å². The van der Waals surface area contributed by atoms with E-state index in [9.17, 15) is 19.1 Å². The zero-order valence-electron chi connectivity index (χ0n) is 12.7. The summed E-state index contributed by atoms with van der Waals surface area (Å²) >= 11 is 0. The third-order valence-corrected chi connectivity index (χ3v) is 4.03. The Morgan fingerprint density at radius 3 is 2.29 bits per heavy atom. The average Bonchev–Trinajstić information content (AvgIpc) is 2.45. The maximum atomic E-state index is 13.3. The number of hydrogen-bond donors (Lipinski definition) is 1. The molecule has 0 spiro atoms. The van der Waals surface area contributed by atoms with Crippen molar-refractivity contribution in [3.05, 3.63) is 30.1 Å². The normalized spacial score (nSPS) is 11.2. The first-order valence-electron chi connectivity index (χ1n) is 7.19. The molecule has 1 aromatic carbocycles. The molecule has 0 bridgehead atoms. The number of anilines is 1. The molecule has 0 heterocycles. The summed E-state index contributed by atoms with van der Waals surface area (Å²) in [6, 6.07) is 5.76. The fourth-order valence-electron chi connectivity index (χ4n) is 2.41. The molecule has 0 fully saturated rings. The van der Waals surface area contributed by atoms with Crippen molar-refractivity contribution in [1.82, 2.24) is 0 Å². The summed E-state index contributed by atoms with van der Waals surface area (Å²) in [7, 11) is 0. The smallest absolute Gasteiger partial charge is 0.310 e. The van der Waals surface area contributed by atoms with Crippen molar-refractivity contribution in [3.63, 3.8) is 0 Å². The minimum absolute atomic E-state index is 0.0836. The van der Waals surface area contributed by atoms with Crippen LogP contribution in [0.2, 0.25) is 0 Å². The van der Waals surface area contributed by atoms with E-state index < -0.39 is 17.2 Å². The Bertz CT molecular complexity index is 512. The Hall–Kier alpha value is -1.91. The minimum Gasteiger partial charge on any atom is -0.481 e. The topological polar surface area (TPSA) is 57.6 Å². The fraction of sp³-hybridized carbons (Fsp3) is 0.500. The van der Waals surface area contributed by atoms with Crippen LogP contribution in [0.4, 0.5) is 10.1 Å². The van der Waals surface area contributed by atoms with Crippen molar-refractivity contribution in [2.45, 2.75) is 40.0 Å². The zero-order chi connectivity index (χ0) is 16.0. The van der Waals surface area contributed by atoms with Crippen molar-refractivity contribution in [1.29, 1.82) is 0 Å². The van der Waals surface area contributed by atoms with Gasteiger partial charge in [0, 0.05) is 18.7 Å². The SMILES string of the molecule is CCN(C(=O)CC(CC)(CC)C(=O)O)c1cccc(F)c1. The number of carboxylic acids is 1. The predicted octanol–water partition coefficient (Wildman–Crippen LogP) is 3.46. The molecule has 0 radical (unpaired) electrons. The molecule has 5 heteroatoms. The Kier molecular flexibility index (Phi) is 5.88. The van der Waals surface area contributed by atoms with Crippen LogP contribution in [-0.2, 0) is 9.59 Å². The van der Waals surface area contributed by atoms with E-state index in [2.05, 4.69) is 0 Å². The number of halogens is 1. The number of carbonyl (C=O) groups is 2. The van der Waals surface area contributed by atoms with Crippen molar-refractivity contribution in [2.24, 2.45) is 5.41 Å². The number of nitrogens with zero attached hydrogens (tertiary/aromatic N) is 1. The van der Waals surface area contributed by atoms with Crippen LogP contribution in [0.25, 0.3) is 0 Å². The fourth-order valence-corrected chi connectivity index (χ4v) is 2.41. The van der Waals surface area contributed by atoms with Crippen molar-refractivity contribution in [2.75, 3.05) is 11.4 Å². The van der Waals surface area contributed by atoms with Gasteiger partial charge in [0.1, 0.15) is 5.82 Å². The summed E-state index contributed by atoms with van der Waals surface area (Å²) in [6.07, 6.45) is 0.677. The van der Waals surface area contributed by atoms with E-state index in [4.69, 9.17) is 0 Å². The van der Waals surface area contributed by atoms with Crippen LogP contribution >= 0.6 is 0 Å². The van der Waals surface area contributed by atoms with Crippen LogP contribution in [-0.4, -0.2) is 23.5 Å². The third kappa shape index (κ3) is 3.80. The van der Waals surface area contributed by atoms with Gasteiger partial charge in [-0.25, -0.2) is 4.39 Å². The van der Waals surface area contributed by atoms with Crippen LogP contribution in [0, 0.1) is 11.2 Å². The summed E-state index contributed by atoms with van der Waals surface area (Å²) in [6.45, 7) is 5.68. The van der Waals surface area contributed by atoms with Gasteiger partial charge in [0.25, 0.3) is 0 Å². The van der Waals surface area contributed by atoms with Crippen LogP contribution in [0.5, 0.6) is 0 Å². The number of aliphatic carboxylic acids is 1. The highest BCUT2D eigenvalue weighted by Gasteiger charge is 2.38. The van der Waals surface area contributed by atoms with E-state index >= 15 is 0 Å². The highest BCUT2D eigenvalue weighted by atomic mass is 19.1. The van der Waals surface area contributed by atoms with Crippen LogP contribution < -0.4 is 4.90 Å². The maximum Gasteiger partial charge on any atom is 0.310 e. The molecule has 0 unspecified atom stereocenters. The Morgan fingerprint density at radius 1 is 1.24 bits per heavy atom. The number of carbonyl (C=O) groups excluding carboxylic acids is 1. The lowest BCUT2D eigenvalue weighted by Gasteiger charge is -2.29. The largest absolute Gasteiger partial charge is 0.481 e. The molecule has 1 aromatic rings. The highest BCUT2D eigenvalue weighted by Crippen LogP contribution is 2.32. The van der Waals surface area contributed by atoms with Crippen LogP contribution in [0.3, 0.4) is 0 Å². The van der Waals surface area contributed by atoms with Gasteiger partial charge < -0.3 is 10.0 Å². The molecule has 1 amide bonds. The number of hydrogen-bond acceptors (Lipinski definition) is 2. The summed E-state index contributed by atoms with van der Waals surface area (Å²) in [4.78, 5) is 25.4. The molecule has 0 aromatic heterocycles. The quantitative estimate of drug-likeness (QED) is 0.838. The molecule has 0 atom stereocenters. The van der Waals surface area contributed by atoms with Gasteiger partial charge in [0.05, 0.1) is 5.41 Å². The monoisotopic (exact) mass is 295 g/mol. The Morgan fingerprint density at radius 2 is 1.86 bits per heavy atom. The first kappa shape index (κ1) is 17.1. The lowest BCUT2D eigenvalue weighted by Crippen LogP contribution is -2.39. The van der Waals surface area contributed by atoms with E-state index in [1.165, 1.54) is 23.1 Å². The number of carboxylic acid groups (broad SMARTS) is 1. The molecule has 116 valence electrons. The van der Waals surface area contributed by atoms with Gasteiger partial charge in [-0.1, -0.05) is 19.9 Å². The molecular formula is C16H22FNO3. The van der Waals surface area contributed by atoms with Crippen LogP contribution in [0.1, 0.15) is 40.0 Å². The second-order valence-electron chi connectivity index (χ2n) is 5.09. The number of rotatable bonds is 7. The maximum absolute atomic E-state index is 13.3. The number of amides is 1. The molecule has 0 aliphatic rings. The van der Waals surface area contributed by atoms with Gasteiger partial charge in [-0.05, 0) is 38.0 Å². The van der Waals surface area contributed by atoms with E-state index in [1.54, 1.807) is 26.8 Å². The molecule has 1 N–H and O–H groups in total. The molecule has 21 heavy (non-hydrogen) atoms. The summed E-state index contributed by atoms with van der Waals surface area (Å²) in [5, 5.41) is 9.41. The summed E-state index contributed by atoms with van der Waals surface area (Å²) < 4.78 is 13.3. The average molecular weight is 295 g/mol. The van der Waals surface area contributed by atoms with Crippen molar-refractivity contribution in [3.8, 4) is 0 Å². The molecule has 4 nitrogen and oxygen atoms in total. The minimum atomic E-state index is -1.06. The second-order valence-corrected chi connectivity index (χ2v) is 5.09. The summed E-state index contributed by atoms with van der Waals surface area (Å²) in [5.74, 6) is -1.68. The Labute approximate surface area is 124 Å². The van der Waals surface area contributed by atoms with E-state index in [0.29, 0.717) is 25.1 Å². The molecule has 0 saturated carbocycles. The lowest BCUT2D eigenvalue weighted by atomic mass is 9.79. The molecule has 1 rings (SSSR count). The predicted molar refractivity (Wildman–Crippen MR) is 79.7 cm³/mol. The second kappa shape index (κ2) is 7.20. The lowest BCUT2D eigenvalue weighted by molar-refractivity contribution is -0.152. The van der Waals surface area contributed by atoms with E-state index in [0.717, 1.165) is 0 Å². The van der Waals surface area contributed by atoms with Crippen molar-refractivity contribution < 1.29 is 19.1 Å². The van der Waals surface area contributed by atoms with Gasteiger partial charge in [-0.3, -0.25) is 9.59 Å². The standard InChI is InChI=1S/C16H22FNO3/c1-4-16(5-2,15(20)21)11-14(19)18(6-3)13-9-7-8-12(17)10-13/h7-10H,4-6,11H2,1-3H3,(H,20,21). The number of benzene rings is 1. The first-order chi connectivity index (χ1) is 9.90. The molecule has 0 aliphatic carbocycles. The van der Waals surface area contributed by atoms with Gasteiger partial charge in [0.2, 0.25) is 5.91 Å². The molecule has 0 saturated heterocycles. The van der Waals surface area contributed by atoms with E-state index in [-0.39, 0.29) is 12.3 Å². The third-order valence-electron chi connectivity index (χ3n) is 4.03. The Balaban J connectivity index is 3.01. The van der Waals surface area contributed by atoms with E-state index in [1.807, 2.05) is 0 Å². The molecule has 0 aliphatic heterocycles. The summed E-state index contributed by atoms with van der Waals surface area (Å²) in [5.41, 5.74) is -0.605. The van der Waals surface area contributed by atoms with Gasteiger partial charge >= 0.3 is 5.97 Å². The van der Waals surface area contributed by atoms with Gasteiger partial charge in [-0.15, -0.1) is 0 Å². The molecular weight excluding hydrogens is 273 g/mol. The highest BCUT2D eigenvalue weighted by molar-refractivity contribution is 5.96. The van der Waals surface area contributed by atoms with Crippen LogP contribution in [0.15, 0.2) is 24.3 Å².